The molecule has 1 aromatic carbocycles. The number of amides is 2. The molecule has 2 aliphatic rings. The number of carbonyl (C=O) groups excluding carboxylic acids is 2. The first-order chi connectivity index (χ1) is 14.0. The molecule has 1 unspecified atom stereocenters. The topological polar surface area (TPSA) is 53.5 Å². The van der Waals surface area contributed by atoms with E-state index in [2.05, 4.69) is 22.9 Å². The third-order valence-electron chi connectivity index (χ3n) is 5.83. The van der Waals surface area contributed by atoms with E-state index in [4.69, 9.17) is 0 Å². The minimum atomic E-state index is -0.209. The van der Waals surface area contributed by atoms with E-state index in [1.54, 1.807) is 12.4 Å². The van der Waals surface area contributed by atoms with Crippen LogP contribution in [0.5, 0.6) is 0 Å². The summed E-state index contributed by atoms with van der Waals surface area (Å²) in [5.74, 6) is 0.105. The van der Waals surface area contributed by atoms with E-state index in [0.29, 0.717) is 17.2 Å². The molecule has 0 aliphatic carbocycles. The molecule has 29 heavy (non-hydrogen) atoms. The third kappa shape index (κ3) is 3.69. The Kier molecular flexibility index (Phi) is 5.22. The molecule has 0 radical (unpaired) electrons. The maximum absolute atomic E-state index is 13.5. The molecule has 4 rings (SSSR count). The summed E-state index contributed by atoms with van der Waals surface area (Å²) in [6.45, 7) is 8.12. The van der Waals surface area contributed by atoms with Crippen molar-refractivity contribution in [3.63, 3.8) is 0 Å². The van der Waals surface area contributed by atoms with Gasteiger partial charge in [-0.3, -0.25) is 19.5 Å². The van der Waals surface area contributed by atoms with Gasteiger partial charge in [-0.2, -0.15) is 0 Å². The fraction of sp³-hybridized carbons (Fsp3) is 0.375. The van der Waals surface area contributed by atoms with Crippen molar-refractivity contribution in [2.24, 2.45) is 5.92 Å². The molecule has 1 fully saturated rings. The van der Waals surface area contributed by atoms with E-state index in [9.17, 15) is 9.59 Å². The Morgan fingerprint density at radius 3 is 2.66 bits per heavy atom. The number of nitrogens with zero attached hydrogens (tertiary/aromatic N) is 3. The summed E-state index contributed by atoms with van der Waals surface area (Å²) in [5, 5.41) is 0. The highest BCUT2D eigenvalue weighted by Gasteiger charge is 2.42. The highest BCUT2D eigenvalue weighted by molar-refractivity contribution is 6.35. The molecule has 5 heteroatoms. The van der Waals surface area contributed by atoms with Crippen LogP contribution < -0.4 is 0 Å². The summed E-state index contributed by atoms with van der Waals surface area (Å²) < 4.78 is 0. The summed E-state index contributed by atoms with van der Waals surface area (Å²) in [7, 11) is 0. The molecular formula is C24H27N3O2. The van der Waals surface area contributed by atoms with Gasteiger partial charge in [0.1, 0.15) is 5.70 Å². The van der Waals surface area contributed by atoms with Crippen LogP contribution in [0.1, 0.15) is 42.0 Å². The monoisotopic (exact) mass is 389 g/mol. The number of hydrogen-bond donors (Lipinski definition) is 0. The molecule has 3 heterocycles. The predicted octanol–water partition coefficient (Wildman–Crippen LogP) is 3.71. The van der Waals surface area contributed by atoms with E-state index in [-0.39, 0.29) is 18.4 Å². The van der Waals surface area contributed by atoms with Crippen molar-refractivity contribution < 1.29 is 9.59 Å². The largest absolute Gasteiger partial charge is 0.366 e. The Labute approximate surface area is 172 Å². The molecule has 0 N–H and O–H groups in total. The molecule has 0 bridgehead atoms. The summed E-state index contributed by atoms with van der Waals surface area (Å²) in [5.41, 5.74) is 4.98. The molecule has 150 valence electrons. The fourth-order valence-corrected chi connectivity index (χ4v) is 4.40. The molecule has 0 spiro atoms. The van der Waals surface area contributed by atoms with Gasteiger partial charge in [0.2, 0.25) is 0 Å². The number of likely N-dealkylation sites (tertiary alicyclic amines) is 1. The Bertz CT molecular complexity index is 981. The molecular weight excluding hydrogens is 362 g/mol. The van der Waals surface area contributed by atoms with Gasteiger partial charge in [0.05, 0.1) is 12.1 Å². The van der Waals surface area contributed by atoms with Crippen LogP contribution in [0.25, 0.3) is 5.57 Å². The first-order valence-corrected chi connectivity index (χ1v) is 10.3. The van der Waals surface area contributed by atoms with Gasteiger partial charge in [-0.15, -0.1) is 0 Å². The zero-order valence-corrected chi connectivity index (χ0v) is 17.3. The lowest BCUT2D eigenvalue weighted by atomic mass is 9.95. The Morgan fingerprint density at radius 1 is 1.14 bits per heavy atom. The number of carbonyl (C=O) groups is 2. The Hall–Kier alpha value is -2.95. The van der Waals surface area contributed by atoms with E-state index >= 15 is 0 Å². The van der Waals surface area contributed by atoms with Gasteiger partial charge in [0.25, 0.3) is 11.8 Å². The van der Waals surface area contributed by atoms with E-state index in [1.807, 2.05) is 38.1 Å². The first kappa shape index (κ1) is 19.4. The van der Waals surface area contributed by atoms with Crippen molar-refractivity contribution in [2.45, 2.75) is 40.2 Å². The van der Waals surface area contributed by atoms with Crippen LogP contribution in [0.15, 0.2) is 48.4 Å². The normalized spacial score (nSPS) is 20.0. The molecule has 0 saturated carbocycles. The maximum atomic E-state index is 13.5. The van der Waals surface area contributed by atoms with Crippen LogP contribution >= 0.6 is 0 Å². The van der Waals surface area contributed by atoms with Gasteiger partial charge >= 0.3 is 0 Å². The van der Waals surface area contributed by atoms with E-state index in [0.717, 1.165) is 48.2 Å². The lowest BCUT2D eigenvalue weighted by Gasteiger charge is -2.33. The van der Waals surface area contributed by atoms with Crippen LogP contribution in [0, 0.1) is 19.8 Å². The first-order valence-electron chi connectivity index (χ1n) is 10.3. The summed E-state index contributed by atoms with van der Waals surface area (Å²) >= 11 is 0. The van der Waals surface area contributed by atoms with Gasteiger partial charge in [0.15, 0.2) is 0 Å². The molecule has 1 atom stereocenters. The van der Waals surface area contributed by atoms with Gasteiger partial charge < -0.3 is 4.90 Å². The standard InChI is InChI=1S/C24H27N3O2/c1-16-8-9-20(18(3)12-16)21-22(26-11-5-6-17(2)14-26)24(29)27(23(21)28)15-19-7-4-10-25-13-19/h4,7-10,12-13,17H,5-6,11,14-15H2,1-3H3. The number of hydrogen-bond acceptors (Lipinski definition) is 4. The summed E-state index contributed by atoms with van der Waals surface area (Å²) in [6.07, 6.45) is 5.59. The number of aryl methyl sites for hydroxylation is 2. The van der Waals surface area contributed by atoms with Gasteiger partial charge in [0, 0.05) is 25.5 Å². The number of rotatable bonds is 4. The van der Waals surface area contributed by atoms with Crippen molar-refractivity contribution in [3.8, 4) is 0 Å². The van der Waals surface area contributed by atoms with Gasteiger partial charge in [-0.05, 0) is 55.4 Å². The number of benzene rings is 1. The Balaban J connectivity index is 1.78. The number of piperidine rings is 1. The molecule has 2 amide bonds. The molecule has 2 aliphatic heterocycles. The Morgan fingerprint density at radius 2 is 1.97 bits per heavy atom. The highest BCUT2D eigenvalue weighted by Crippen LogP contribution is 2.36. The van der Waals surface area contributed by atoms with Crippen LogP contribution in [0.2, 0.25) is 0 Å². The summed E-state index contributed by atoms with van der Waals surface area (Å²) in [4.78, 5) is 34.6. The zero-order chi connectivity index (χ0) is 20.5. The average molecular weight is 389 g/mol. The van der Waals surface area contributed by atoms with Gasteiger partial charge in [-0.25, -0.2) is 0 Å². The maximum Gasteiger partial charge on any atom is 0.278 e. The molecule has 1 aromatic heterocycles. The summed E-state index contributed by atoms with van der Waals surface area (Å²) in [6, 6.07) is 9.77. The molecule has 1 saturated heterocycles. The second-order valence-corrected chi connectivity index (χ2v) is 8.29. The quantitative estimate of drug-likeness (QED) is 0.748. The van der Waals surface area contributed by atoms with Crippen LogP contribution in [-0.4, -0.2) is 39.7 Å². The number of pyridine rings is 1. The number of aromatic nitrogens is 1. The van der Waals surface area contributed by atoms with Crippen LogP contribution in [0.4, 0.5) is 0 Å². The predicted molar refractivity (Wildman–Crippen MR) is 113 cm³/mol. The fourth-order valence-electron chi connectivity index (χ4n) is 4.40. The zero-order valence-electron chi connectivity index (χ0n) is 17.3. The van der Waals surface area contributed by atoms with Crippen molar-refractivity contribution in [1.82, 2.24) is 14.8 Å². The molecule has 2 aromatic rings. The second-order valence-electron chi connectivity index (χ2n) is 8.29. The van der Waals surface area contributed by atoms with E-state index < -0.39 is 0 Å². The SMILES string of the molecule is Cc1ccc(C2=C(N3CCCC(C)C3)C(=O)N(Cc3cccnc3)C2=O)c(C)c1. The van der Waals surface area contributed by atoms with Crippen LogP contribution in [0.3, 0.4) is 0 Å². The van der Waals surface area contributed by atoms with Gasteiger partial charge in [-0.1, -0.05) is 36.8 Å². The second kappa shape index (κ2) is 7.82. The lowest BCUT2D eigenvalue weighted by Crippen LogP contribution is -2.39. The van der Waals surface area contributed by atoms with Crippen molar-refractivity contribution >= 4 is 17.4 Å². The van der Waals surface area contributed by atoms with Crippen molar-refractivity contribution in [3.05, 3.63) is 70.7 Å². The smallest absolute Gasteiger partial charge is 0.278 e. The van der Waals surface area contributed by atoms with Crippen molar-refractivity contribution in [1.29, 1.82) is 0 Å². The molecule has 5 nitrogen and oxygen atoms in total. The third-order valence-corrected chi connectivity index (χ3v) is 5.83. The number of imide groups is 1. The lowest BCUT2D eigenvalue weighted by molar-refractivity contribution is -0.138. The van der Waals surface area contributed by atoms with Crippen molar-refractivity contribution in [2.75, 3.05) is 13.1 Å². The van der Waals surface area contributed by atoms with Crippen LogP contribution in [-0.2, 0) is 16.1 Å². The average Bonchev–Trinajstić information content (AvgIpc) is 2.93. The van der Waals surface area contributed by atoms with E-state index in [1.165, 1.54) is 4.90 Å². The minimum Gasteiger partial charge on any atom is -0.366 e. The minimum absolute atomic E-state index is 0.192. The highest BCUT2D eigenvalue weighted by atomic mass is 16.2.